The Labute approximate surface area is 251 Å². The minimum absolute atomic E-state index is 0.0460. The van der Waals surface area contributed by atoms with Crippen molar-refractivity contribution in [3.05, 3.63) is 124 Å². The topological polar surface area (TPSA) is 131 Å². The van der Waals surface area contributed by atoms with Crippen LogP contribution in [-0.4, -0.2) is 39.9 Å². The number of aromatic hydroxyl groups is 1. The lowest BCUT2D eigenvalue weighted by molar-refractivity contribution is -0.245. The number of aliphatic hydroxyl groups excluding tert-OH is 1. The predicted molar refractivity (Wildman–Crippen MR) is 158 cm³/mol. The van der Waals surface area contributed by atoms with Crippen molar-refractivity contribution >= 4 is 35.3 Å². The molecule has 0 radical (unpaired) electrons. The van der Waals surface area contributed by atoms with Crippen molar-refractivity contribution in [1.29, 1.82) is 0 Å². The summed E-state index contributed by atoms with van der Waals surface area (Å²) in [7, 11) is 0. The van der Waals surface area contributed by atoms with Crippen LogP contribution in [0.2, 0.25) is 0 Å². The third-order valence-corrected chi connectivity index (χ3v) is 8.36. The third kappa shape index (κ3) is 6.47. The van der Waals surface area contributed by atoms with Crippen molar-refractivity contribution in [3.8, 4) is 5.75 Å². The Morgan fingerprint density at radius 2 is 1.63 bits per heavy atom. The summed E-state index contributed by atoms with van der Waals surface area (Å²) in [5, 5.41) is 21.9. The second kappa shape index (κ2) is 12.4. The van der Waals surface area contributed by atoms with E-state index in [0.29, 0.717) is 23.4 Å². The molecule has 1 saturated heterocycles. The summed E-state index contributed by atoms with van der Waals surface area (Å²) < 4.78 is 17.4. The zero-order valence-electron chi connectivity index (χ0n) is 22.8. The smallest absolute Gasteiger partial charge is 0.346 e. The van der Waals surface area contributed by atoms with E-state index in [0.717, 1.165) is 16.0 Å². The molecule has 218 valence electrons. The summed E-state index contributed by atoms with van der Waals surface area (Å²) in [5.74, 6) is -1.10. The van der Waals surface area contributed by atoms with Crippen molar-refractivity contribution < 1.29 is 38.8 Å². The Morgan fingerprint density at radius 3 is 2.40 bits per heavy atom. The highest BCUT2D eigenvalue weighted by Gasteiger charge is 2.33. The van der Waals surface area contributed by atoms with Gasteiger partial charge in [-0.3, -0.25) is 4.79 Å². The van der Waals surface area contributed by atoms with Crippen LogP contribution in [-0.2, 0) is 20.8 Å². The van der Waals surface area contributed by atoms with Gasteiger partial charge >= 0.3 is 11.9 Å². The predicted octanol–water partition coefficient (Wildman–Crippen LogP) is 5.79. The number of carbonyl (C=O) groups is 3. The number of phenols is 1. The molecule has 0 spiro atoms. The molecule has 0 saturated carbocycles. The highest BCUT2D eigenvalue weighted by Crippen LogP contribution is 2.40. The summed E-state index contributed by atoms with van der Waals surface area (Å²) in [6.45, 7) is -0.0460. The maximum absolute atomic E-state index is 13.0. The van der Waals surface area contributed by atoms with Gasteiger partial charge in [0.15, 0.2) is 6.29 Å². The third-order valence-electron chi connectivity index (χ3n) is 7.21. The van der Waals surface area contributed by atoms with Crippen LogP contribution in [0.4, 0.5) is 5.69 Å². The molecule has 9 nitrogen and oxygen atoms in total. The number of phenolic OH excluding ortho intramolecular Hbond substituents is 1. The van der Waals surface area contributed by atoms with Gasteiger partial charge in [0.2, 0.25) is 0 Å². The number of anilines is 1. The fourth-order valence-electron chi connectivity index (χ4n) is 4.95. The van der Waals surface area contributed by atoms with Crippen LogP contribution < -0.4 is 5.32 Å². The molecular formula is C33H27NO8S. The number of benzene rings is 4. The number of carbonyl (C=O) groups excluding carboxylic acids is 3. The summed E-state index contributed by atoms with van der Waals surface area (Å²) in [6.07, 6.45) is -0.560. The van der Waals surface area contributed by atoms with E-state index in [1.807, 2.05) is 42.5 Å². The zero-order valence-corrected chi connectivity index (χ0v) is 23.6. The molecule has 1 fully saturated rings. The highest BCUT2D eigenvalue weighted by atomic mass is 32.2. The average Bonchev–Trinajstić information content (AvgIpc) is 3.32. The molecule has 3 atom stereocenters. The Morgan fingerprint density at radius 1 is 0.860 bits per heavy atom. The number of hydrogen-bond donors (Lipinski definition) is 3. The van der Waals surface area contributed by atoms with Crippen molar-refractivity contribution in [2.24, 2.45) is 0 Å². The number of hydrogen-bond acceptors (Lipinski definition) is 9. The van der Waals surface area contributed by atoms with Crippen molar-refractivity contribution in [2.75, 3.05) is 11.1 Å². The molecule has 4 aromatic rings. The standard InChI is InChI=1S/C33H27NO8S/c35-17-19-4-6-20(7-5-19)29-16-25(18-43-26-11-9-24(36)10-12-26)40-33(41-29)22-2-1-3-23(14-22)34-30(37)21-8-13-27-28(15-21)32(39)42-31(27)38/h1-15,25,29,33,35-36H,16-18H2,(H,34,37)/t25-,29+,33?/m0/s1. The van der Waals surface area contributed by atoms with Gasteiger partial charge in [-0.05, 0) is 65.7 Å². The molecule has 4 aromatic carbocycles. The minimum atomic E-state index is -0.776. The van der Waals surface area contributed by atoms with E-state index in [1.54, 1.807) is 42.1 Å². The summed E-state index contributed by atoms with van der Waals surface area (Å²) in [6, 6.07) is 26.0. The van der Waals surface area contributed by atoms with Crippen LogP contribution in [0.3, 0.4) is 0 Å². The lowest BCUT2D eigenvalue weighted by Gasteiger charge is -2.36. The van der Waals surface area contributed by atoms with Gasteiger partial charge in [0, 0.05) is 33.9 Å². The van der Waals surface area contributed by atoms with E-state index in [9.17, 15) is 24.6 Å². The number of aliphatic hydroxyl groups is 1. The molecule has 10 heteroatoms. The lowest BCUT2D eigenvalue weighted by atomic mass is 10.0. The normalized spacial score (nSPS) is 19.5. The molecule has 3 N–H and O–H groups in total. The number of thioether (sulfide) groups is 1. The van der Waals surface area contributed by atoms with Crippen LogP contribution in [0.15, 0.2) is 95.9 Å². The molecule has 2 aliphatic heterocycles. The van der Waals surface area contributed by atoms with E-state index in [4.69, 9.17) is 9.47 Å². The summed E-state index contributed by atoms with van der Waals surface area (Å²) >= 11 is 1.62. The number of cyclic esters (lactones) is 2. The van der Waals surface area contributed by atoms with Gasteiger partial charge in [-0.25, -0.2) is 9.59 Å². The van der Waals surface area contributed by atoms with Gasteiger partial charge in [-0.15, -0.1) is 11.8 Å². The first kappa shape index (κ1) is 28.6. The van der Waals surface area contributed by atoms with Crippen LogP contribution in [0.1, 0.15) is 66.6 Å². The first-order valence-corrected chi connectivity index (χ1v) is 14.6. The SMILES string of the molecule is O=C(Nc1cccc(C2O[C@H](CSc3ccc(O)cc3)C[C@H](c3ccc(CO)cc3)O2)c1)c1ccc2c(c1)C(=O)OC2=O. The van der Waals surface area contributed by atoms with Crippen LogP contribution >= 0.6 is 11.8 Å². The van der Waals surface area contributed by atoms with Gasteiger partial charge in [0.1, 0.15) is 5.75 Å². The number of rotatable bonds is 8. The fraction of sp³-hybridized carbons (Fsp3) is 0.182. The van der Waals surface area contributed by atoms with Crippen LogP contribution in [0.25, 0.3) is 0 Å². The van der Waals surface area contributed by atoms with Gasteiger partial charge in [0.05, 0.1) is 29.9 Å². The van der Waals surface area contributed by atoms with Gasteiger partial charge in [0.25, 0.3) is 5.91 Å². The molecule has 0 aromatic heterocycles. The molecule has 1 amide bonds. The monoisotopic (exact) mass is 597 g/mol. The van der Waals surface area contributed by atoms with Gasteiger partial charge in [-0.2, -0.15) is 0 Å². The quantitative estimate of drug-likeness (QED) is 0.131. The van der Waals surface area contributed by atoms with E-state index in [2.05, 4.69) is 10.1 Å². The molecule has 2 heterocycles. The second-order valence-corrected chi connectivity index (χ2v) is 11.3. The molecule has 0 aliphatic carbocycles. The maximum Gasteiger partial charge on any atom is 0.346 e. The molecular weight excluding hydrogens is 570 g/mol. The number of ether oxygens (including phenoxy) is 3. The zero-order chi connectivity index (χ0) is 29.9. The Bertz CT molecular complexity index is 1670. The Hall–Kier alpha value is -4.48. The number of fused-ring (bicyclic) bond motifs is 1. The summed E-state index contributed by atoms with van der Waals surface area (Å²) in [5.41, 5.74) is 3.37. The second-order valence-electron chi connectivity index (χ2n) is 10.2. The minimum Gasteiger partial charge on any atom is -0.508 e. The van der Waals surface area contributed by atoms with E-state index in [-0.39, 0.29) is 41.3 Å². The van der Waals surface area contributed by atoms with Gasteiger partial charge in [-0.1, -0.05) is 36.4 Å². The van der Waals surface area contributed by atoms with Crippen molar-refractivity contribution in [3.63, 3.8) is 0 Å². The molecule has 2 aliphatic rings. The van der Waals surface area contributed by atoms with Gasteiger partial charge < -0.3 is 29.7 Å². The molecule has 6 rings (SSSR count). The Balaban J connectivity index is 1.20. The van der Waals surface area contributed by atoms with E-state index >= 15 is 0 Å². The fourth-order valence-corrected chi connectivity index (χ4v) is 5.87. The maximum atomic E-state index is 13.0. The lowest BCUT2D eigenvalue weighted by Crippen LogP contribution is -2.31. The van der Waals surface area contributed by atoms with Crippen molar-refractivity contribution in [2.45, 2.75) is 36.4 Å². The molecule has 43 heavy (non-hydrogen) atoms. The number of esters is 2. The largest absolute Gasteiger partial charge is 0.508 e. The van der Waals surface area contributed by atoms with E-state index < -0.39 is 24.1 Å². The first-order chi connectivity index (χ1) is 20.9. The van der Waals surface area contributed by atoms with Crippen LogP contribution in [0.5, 0.6) is 5.75 Å². The van der Waals surface area contributed by atoms with Crippen LogP contribution in [0, 0.1) is 0 Å². The van der Waals surface area contributed by atoms with Crippen molar-refractivity contribution in [1.82, 2.24) is 0 Å². The number of amides is 1. The number of nitrogens with one attached hydrogen (secondary N) is 1. The molecule has 0 bridgehead atoms. The first-order valence-electron chi connectivity index (χ1n) is 13.6. The Kier molecular flexibility index (Phi) is 8.26. The highest BCUT2D eigenvalue weighted by molar-refractivity contribution is 7.99. The van der Waals surface area contributed by atoms with E-state index in [1.165, 1.54) is 18.2 Å². The average molecular weight is 598 g/mol. The summed E-state index contributed by atoms with van der Waals surface area (Å²) in [4.78, 5) is 37.7. The molecule has 1 unspecified atom stereocenters.